The number of rotatable bonds is 4. The van der Waals surface area contributed by atoms with Crippen LogP contribution in [0.25, 0.3) is 0 Å². The average molecular weight is 216 g/mol. The van der Waals surface area contributed by atoms with Gasteiger partial charge in [0.25, 0.3) is 14.3 Å². The molecule has 0 unspecified atom stereocenters. The number of hydrogen-bond acceptors (Lipinski definition) is 2. The summed E-state index contributed by atoms with van der Waals surface area (Å²) in [5, 5.41) is 0.221. The third-order valence-corrected chi connectivity index (χ3v) is 7.01. The van der Waals surface area contributed by atoms with Gasteiger partial charge in [-0.25, -0.2) is 0 Å². The van der Waals surface area contributed by atoms with Crippen molar-refractivity contribution in [1.29, 1.82) is 0 Å². The van der Waals surface area contributed by atoms with E-state index < -0.39 is 8.32 Å². The number of allylic oxidation sites excluding steroid dienone is 1. The van der Waals surface area contributed by atoms with Crippen LogP contribution < -0.4 is 0 Å². The molecule has 0 fully saturated rings. The lowest BCUT2D eigenvalue weighted by Gasteiger charge is -2.36. The molecule has 0 atom stereocenters. The zero-order valence-electron chi connectivity index (χ0n) is 10.6. The van der Waals surface area contributed by atoms with Crippen LogP contribution in [-0.4, -0.2) is 14.9 Å². The molecule has 0 saturated carbocycles. The Morgan fingerprint density at radius 1 is 1.29 bits per heavy atom. The Balaban J connectivity index is 4.49. The van der Waals surface area contributed by atoms with Gasteiger partial charge in [0.2, 0.25) is 0 Å². The summed E-state index contributed by atoms with van der Waals surface area (Å²) < 4.78 is 11.4. The molecule has 0 aromatic rings. The molecule has 0 aliphatic heterocycles. The molecule has 0 aromatic carbocycles. The van der Waals surface area contributed by atoms with Crippen LogP contribution in [0.1, 0.15) is 34.6 Å². The first-order valence-electron chi connectivity index (χ1n) is 5.22. The van der Waals surface area contributed by atoms with Crippen LogP contribution in [0.4, 0.5) is 0 Å². The molecule has 14 heavy (non-hydrogen) atoms. The maximum Gasteiger partial charge on any atom is 0.260 e. The summed E-state index contributed by atoms with van der Waals surface area (Å²) in [6, 6.07) is 0. The van der Waals surface area contributed by atoms with Crippen LogP contribution in [0.3, 0.4) is 0 Å². The third kappa shape index (κ3) is 3.74. The lowest BCUT2D eigenvalue weighted by Crippen LogP contribution is -2.40. The van der Waals surface area contributed by atoms with Gasteiger partial charge in [0, 0.05) is 0 Å². The summed E-state index contributed by atoms with van der Waals surface area (Å²) in [5.74, 6) is 0.680. The van der Waals surface area contributed by atoms with E-state index in [0.717, 1.165) is 0 Å². The lowest BCUT2D eigenvalue weighted by molar-refractivity contribution is 0.107. The summed E-state index contributed by atoms with van der Waals surface area (Å²) in [6.45, 7) is 15.7. The van der Waals surface area contributed by atoms with Crippen LogP contribution in [0, 0.1) is 0 Å². The van der Waals surface area contributed by atoms with Gasteiger partial charge >= 0.3 is 0 Å². The lowest BCUT2D eigenvalue weighted by atomic mass is 10.2. The maximum absolute atomic E-state index is 5.97. The van der Waals surface area contributed by atoms with Crippen LogP contribution in [-0.2, 0) is 9.16 Å². The van der Waals surface area contributed by atoms with Crippen molar-refractivity contribution in [3.05, 3.63) is 12.0 Å². The molecule has 0 aliphatic rings. The zero-order valence-corrected chi connectivity index (χ0v) is 11.6. The van der Waals surface area contributed by atoms with E-state index in [1.807, 2.05) is 19.9 Å². The van der Waals surface area contributed by atoms with Gasteiger partial charge in [-0.1, -0.05) is 20.8 Å². The fraction of sp³-hybridized carbons (Fsp3) is 0.818. The first-order chi connectivity index (χ1) is 6.24. The van der Waals surface area contributed by atoms with Crippen molar-refractivity contribution in [2.24, 2.45) is 0 Å². The molecule has 0 amide bonds. The number of ether oxygens (including phenoxy) is 1. The quantitative estimate of drug-likeness (QED) is 0.524. The molecule has 0 N–H and O–H groups in total. The predicted octanol–water partition coefficient (Wildman–Crippen LogP) is 3.91. The normalized spacial score (nSPS) is 14.1. The Labute approximate surface area is 89.4 Å². The molecule has 0 aliphatic carbocycles. The van der Waals surface area contributed by atoms with Crippen molar-refractivity contribution in [2.45, 2.75) is 52.8 Å². The highest BCUT2D eigenvalue weighted by Crippen LogP contribution is 2.37. The fourth-order valence-electron chi connectivity index (χ4n) is 0.719. The topological polar surface area (TPSA) is 18.5 Å². The van der Waals surface area contributed by atoms with Crippen molar-refractivity contribution in [2.75, 3.05) is 6.61 Å². The highest BCUT2D eigenvalue weighted by Gasteiger charge is 2.39. The monoisotopic (exact) mass is 216 g/mol. The van der Waals surface area contributed by atoms with E-state index in [1.165, 1.54) is 0 Å². The summed E-state index contributed by atoms with van der Waals surface area (Å²) >= 11 is 0. The second-order valence-electron chi connectivity index (χ2n) is 4.90. The van der Waals surface area contributed by atoms with E-state index in [1.54, 1.807) is 0 Å². The van der Waals surface area contributed by atoms with Crippen LogP contribution in [0.5, 0.6) is 0 Å². The minimum Gasteiger partial charge on any atom is -0.519 e. The van der Waals surface area contributed by atoms with E-state index in [2.05, 4.69) is 33.9 Å². The first kappa shape index (κ1) is 13.6. The molecular weight excluding hydrogens is 192 g/mol. The standard InChI is InChI=1S/C11H24O2Si/c1-8-10(12-9-2)13-14(6,7)11(3,4)5/h8H,9H2,1-7H3/b10-8+. The largest absolute Gasteiger partial charge is 0.519 e. The van der Waals surface area contributed by atoms with Gasteiger partial charge in [0.15, 0.2) is 0 Å². The maximum atomic E-state index is 5.97. The van der Waals surface area contributed by atoms with Crippen LogP contribution in [0.2, 0.25) is 18.1 Å². The first-order valence-corrected chi connectivity index (χ1v) is 8.13. The molecule has 0 spiro atoms. The Bertz CT molecular complexity index is 202. The zero-order chi connectivity index (χ0) is 11.4. The molecular formula is C11H24O2Si. The van der Waals surface area contributed by atoms with Crippen molar-refractivity contribution in [3.8, 4) is 0 Å². The van der Waals surface area contributed by atoms with Gasteiger partial charge in [-0.3, -0.25) is 0 Å². The number of hydrogen-bond donors (Lipinski definition) is 0. The Morgan fingerprint density at radius 2 is 1.79 bits per heavy atom. The molecule has 0 aromatic heterocycles. The highest BCUT2D eigenvalue weighted by atomic mass is 28.4. The summed E-state index contributed by atoms with van der Waals surface area (Å²) in [6.07, 6.45) is 1.89. The van der Waals surface area contributed by atoms with Gasteiger partial charge < -0.3 is 9.16 Å². The van der Waals surface area contributed by atoms with E-state index in [-0.39, 0.29) is 5.04 Å². The average Bonchev–Trinajstić information content (AvgIpc) is 2.01. The molecule has 84 valence electrons. The molecule has 0 rings (SSSR count). The molecule has 0 radical (unpaired) electrons. The smallest absolute Gasteiger partial charge is 0.260 e. The highest BCUT2D eigenvalue weighted by molar-refractivity contribution is 6.74. The summed E-state index contributed by atoms with van der Waals surface area (Å²) in [7, 11) is -1.72. The Kier molecular flexibility index (Phi) is 4.72. The third-order valence-electron chi connectivity index (χ3n) is 2.68. The predicted molar refractivity (Wildman–Crippen MR) is 63.7 cm³/mol. The Hall–Kier alpha value is -0.443. The minimum absolute atomic E-state index is 0.221. The van der Waals surface area contributed by atoms with Gasteiger partial charge in [-0.05, 0) is 38.1 Å². The second kappa shape index (κ2) is 4.87. The molecule has 2 nitrogen and oxygen atoms in total. The van der Waals surface area contributed by atoms with Gasteiger partial charge in [-0.15, -0.1) is 0 Å². The molecule has 0 bridgehead atoms. The van der Waals surface area contributed by atoms with Crippen molar-refractivity contribution in [1.82, 2.24) is 0 Å². The van der Waals surface area contributed by atoms with E-state index in [4.69, 9.17) is 9.16 Å². The van der Waals surface area contributed by atoms with Gasteiger partial charge in [0.1, 0.15) is 0 Å². The summed E-state index contributed by atoms with van der Waals surface area (Å²) in [5.41, 5.74) is 0. The molecule has 3 heteroatoms. The van der Waals surface area contributed by atoms with E-state index in [9.17, 15) is 0 Å². The van der Waals surface area contributed by atoms with Crippen LogP contribution in [0.15, 0.2) is 12.0 Å². The van der Waals surface area contributed by atoms with E-state index >= 15 is 0 Å². The van der Waals surface area contributed by atoms with Crippen molar-refractivity contribution in [3.63, 3.8) is 0 Å². The minimum atomic E-state index is -1.72. The van der Waals surface area contributed by atoms with Gasteiger partial charge in [0.05, 0.1) is 6.61 Å². The van der Waals surface area contributed by atoms with E-state index in [0.29, 0.717) is 12.6 Å². The Morgan fingerprint density at radius 3 is 2.07 bits per heavy atom. The SMILES string of the molecule is C/C=C(\OCC)O[Si](C)(C)C(C)(C)C. The fourth-order valence-corrected chi connectivity index (χ4v) is 1.70. The second-order valence-corrected chi connectivity index (χ2v) is 9.63. The molecule has 0 heterocycles. The molecule has 0 saturated heterocycles. The summed E-state index contributed by atoms with van der Waals surface area (Å²) in [4.78, 5) is 0. The van der Waals surface area contributed by atoms with Gasteiger partial charge in [-0.2, -0.15) is 0 Å². The van der Waals surface area contributed by atoms with Crippen molar-refractivity contribution >= 4 is 8.32 Å². The van der Waals surface area contributed by atoms with Crippen LogP contribution >= 0.6 is 0 Å². The van der Waals surface area contributed by atoms with Crippen molar-refractivity contribution < 1.29 is 9.16 Å².